The van der Waals surface area contributed by atoms with Gasteiger partial charge in [-0.05, 0) is 42.5 Å². The normalized spacial score (nSPS) is 19.4. The molecule has 2 atom stereocenters. The third-order valence-corrected chi connectivity index (χ3v) is 6.10. The van der Waals surface area contributed by atoms with Gasteiger partial charge in [0.1, 0.15) is 21.8 Å². The van der Waals surface area contributed by atoms with Gasteiger partial charge < -0.3 is 15.2 Å². The summed E-state index contributed by atoms with van der Waals surface area (Å²) >= 11 is 1.16. The first-order valence-electron chi connectivity index (χ1n) is 8.94. The fourth-order valence-corrected chi connectivity index (χ4v) is 4.72. The summed E-state index contributed by atoms with van der Waals surface area (Å²) in [6.07, 6.45) is 1.60. The number of carbonyl (C=O) groups excluding carboxylic acids is 1. The summed E-state index contributed by atoms with van der Waals surface area (Å²) in [7, 11) is 0. The van der Waals surface area contributed by atoms with Crippen molar-refractivity contribution in [3.05, 3.63) is 72.4 Å². The van der Waals surface area contributed by atoms with Crippen LogP contribution in [0.1, 0.15) is 11.6 Å². The summed E-state index contributed by atoms with van der Waals surface area (Å²) in [5.41, 5.74) is 2.05. The van der Waals surface area contributed by atoms with Gasteiger partial charge in [-0.2, -0.15) is 0 Å². The van der Waals surface area contributed by atoms with E-state index in [0.29, 0.717) is 22.2 Å². The molecule has 2 aromatic carbocycles. The lowest BCUT2D eigenvalue weighted by atomic mass is 10.0. The Labute approximate surface area is 170 Å². The van der Waals surface area contributed by atoms with Gasteiger partial charge in [-0.25, -0.2) is 9.78 Å². The van der Waals surface area contributed by atoms with Crippen LogP contribution >= 0.6 is 11.8 Å². The number of amides is 2. The Balaban J connectivity index is 1.48. The Hall–Kier alpha value is -3.52. The maximum Gasteiger partial charge on any atom is 0.327 e. The Morgan fingerprint density at radius 3 is 2.52 bits per heavy atom. The van der Waals surface area contributed by atoms with Crippen molar-refractivity contribution in [2.75, 3.05) is 4.90 Å². The topological polar surface area (TPSA) is 91.8 Å². The van der Waals surface area contributed by atoms with Gasteiger partial charge in [0.2, 0.25) is 0 Å². The minimum atomic E-state index is -0.972. The van der Waals surface area contributed by atoms with E-state index < -0.39 is 17.3 Å². The van der Waals surface area contributed by atoms with Crippen molar-refractivity contribution >= 4 is 35.1 Å². The van der Waals surface area contributed by atoms with E-state index in [0.717, 1.165) is 23.1 Å². The highest BCUT2D eigenvalue weighted by Gasteiger charge is 2.46. The average molecular weight is 405 g/mol. The number of ether oxygens (including phenoxy) is 1. The third-order valence-electron chi connectivity index (χ3n) is 4.82. The number of carbonyl (C=O) groups is 2. The van der Waals surface area contributed by atoms with Gasteiger partial charge in [0.05, 0.1) is 17.4 Å². The van der Waals surface area contributed by atoms with Crippen LogP contribution in [0.2, 0.25) is 0 Å². The molecule has 0 radical (unpaired) electrons. The molecule has 7 nitrogen and oxygen atoms in total. The van der Waals surface area contributed by atoms with E-state index >= 15 is 0 Å². The zero-order chi connectivity index (χ0) is 20.0. The van der Waals surface area contributed by atoms with Crippen molar-refractivity contribution in [1.29, 1.82) is 0 Å². The monoisotopic (exact) mass is 405 g/mol. The number of thioether (sulfide) groups is 1. The van der Waals surface area contributed by atoms with E-state index in [-0.39, 0.29) is 6.03 Å². The minimum absolute atomic E-state index is 0.370. The Bertz CT molecular complexity index is 1100. The SMILES string of the molecule is O=C(O)C1Sc2nccc3c2C1NC(=O)N3c1ccc(Oc2ccccc2)cc1. The molecule has 1 aromatic heterocycles. The minimum Gasteiger partial charge on any atom is -0.480 e. The zero-order valence-electron chi connectivity index (χ0n) is 15.0. The molecule has 3 aromatic rings. The molecule has 5 rings (SSSR count). The molecule has 0 saturated heterocycles. The highest BCUT2D eigenvalue weighted by Crippen LogP contribution is 2.50. The van der Waals surface area contributed by atoms with Crippen LogP contribution in [0, 0.1) is 0 Å². The van der Waals surface area contributed by atoms with Gasteiger partial charge in [-0.1, -0.05) is 30.0 Å². The molecule has 29 heavy (non-hydrogen) atoms. The maximum absolute atomic E-state index is 12.9. The van der Waals surface area contributed by atoms with Crippen molar-refractivity contribution in [1.82, 2.24) is 10.3 Å². The standard InChI is InChI=1S/C21H15N3O4S/c25-20(26)18-17-16-15(10-11-22-19(16)29-18)24(21(27)23-17)12-6-8-14(9-7-12)28-13-4-2-1-3-5-13/h1-11,17-18H,(H,23,27)(H,25,26). The fourth-order valence-electron chi connectivity index (χ4n) is 3.56. The van der Waals surface area contributed by atoms with Crippen molar-refractivity contribution < 1.29 is 19.4 Å². The van der Waals surface area contributed by atoms with E-state index in [1.54, 1.807) is 36.5 Å². The number of para-hydroxylation sites is 1. The number of aliphatic carboxylic acids is 1. The van der Waals surface area contributed by atoms with Gasteiger partial charge in [-0.3, -0.25) is 9.69 Å². The number of pyridine rings is 1. The van der Waals surface area contributed by atoms with Gasteiger partial charge in [0.15, 0.2) is 0 Å². The number of hydrogen-bond acceptors (Lipinski definition) is 5. The van der Waals surface area contributed by atoms with Gasteiger partial charge in [0.25, 0.3) is 0 Å². The highest BCUT2D eigenvalue weighted by atomic mass is 32.2. The molecule has 8 heteroatoms. The summed E-state index contributed by atoms with van der Waals surface area (Å²) in [5, 5.41) is 12.2. The van der Waals surface area contributed by atoms with Crippen molar-refractivity contribution in [2.24, 2.45) is 0 Å². The number of nitrogens with one attached hydrogen (secondary N) is 1. The third kappa shape index (κ3) is 2.98. The molecule has 3 heterocycles. The smallest absolute Gasteiger partial charge is 0.327 e. The number of aromatic nitrogens is 1. The molecular formula is C21H15N3O4S. The molecule has 2 aliphatic rings. The summed E-state index contributed by atoms with van der Waals surface area (Å²) in [6, 6.07) is 17.4. The molecule has 2 amide bonds. The Kier molecular flexibility index (Phi) is 4.13. The number of hydrogen-bond donors (Lipinski definition) is 2. The van der Waals surface area contributed by atoms with Crippen molar-refractivity contribution in [2.45, 2.75) is 16.3 Å². The van der Waals surface area contributed by atoms with Gasteiger partial charge >= 0.3 is 12.0 Å². The molecule has 2 unspecified atom stereocenters. The van der Waals surface area contributed by atoms with Crippen LogP contribution in [0.3, 0.4) is 0 Å². The molecular weight excluding hydrogens is 390 g/mol. The number of carboxylic acids is 1. The maximum atomic E-state index is 12.9. The number of anilines is 2. The van der Waals surface area contributed by atoms with Crippen LogP contribution < -0.4 is 15.0 Å². The quantitative estimate of drug-likeness (QED) is 0.671. The van der Waals surface area contributed by atoms with E-state index in [4.69, 9.17) is 4.74 Å². The molecule has 0 aliphatic carbocycles. The number of nitrogens with zero attached hydrogens (tertiary/aromatic N) is 2. The van der Waals surface area contributed by atoms with Crippen LogP contribution in [0.15, 0.2) is 71.9 Å². The first kappa shape index (κ1) is 17.6. The molecule has 0 fully saturated rings. The van der Waals surface area contributed by atoms with Crippen LogP contribution in [0.5, 0.6) is 11.5 Å². The van der Waals surface area contributed by atoms with Crippen molar-refractivity contribution in [3.8, 4) is 11.5 Å². The largest absolute Gasteiger partial charge is 0.480 e. The Morgan fingerprint density at radius 2 is 1.79 bits per heavy atom. The summed E-state index contributed by atoms with van der Waals surface area (Å²) in [4.78, 5) is 30.3. The highest BCUT2D eigenvalue weighted by molar-refractivity contribution is 8.00. The predicted molar refractivity (Wildman–Crippen MR) is 108 cm³/mol. The second kappa shape index (κ2) is 6.82. The second-order valence-corrected chi connectivity index (χ2v) is 7.73. The number of urea groups is 1. The molecule has 2 aliphatic heterocycles. The number of carboxylic acid groups (broad SMARTS) is 1. The van der Waals surface area contributed by atoms with Gasteiger partial charge in [-0.15, -0.1) is 0 Å². The number of rotatable bonds is 4. The molecule has 0 spiro atoms. The lowest BCUT2D eigenvalue weighted by molar-refractivity contribution is -0.136. The summed E-state index contributed by atoms with van der Waals surface area (Å²) < 4.78 is 5.81. The molecule has 0 bridgehead atoms. The summed E-state index contributed by atoms with van der Waals surface area (Å²) in [5.74, 6) is 0.402. The fraction of sp³-hybridized carbons (Fsp3) is 0.0952. The summed E-state index contributed by atoms with van der Waals surface area (Å²) in [6.45, 7) is 0. The Morgan fingerprint density at radius 1 is 1.07 bits per heavy atom. The first-order chi connectivity index (χ1) is 14.1. The molecule has 0 saturated carbocycles. The zero-order valence-corrected chi connectivity index (χ0v) is 15.8. The van der Waals surface area contributed by atoms with Crippen LogP contribution in [-0.2, 0) is 4.79 Å². The van der Waals surface area contributed by atoms with E-state index in [9.17, 15) is 14.7 Å². The predicted octanol–water partition coefficient (Wildman–Crippen LogP) is 4.34. The first-order valence-corrected chi connectivity index (χ1v) is 9.82. The lowest BCUT2D eigenvalue weighted by Crippen LogP contribution is -2.47. The number of benzene rings is 2. The van der Waals surface area contributed by atoms with E-state index in [2.05, 4.69) is 10.3 Å². The average Bonchev–Trinajstić information content (AvgIpc) is 3.10. The lowest BCUT2D eigenvalue weighted by Gasteiger charge is -2.33. The van der Waals surface area contributed by atoms with Gasteiger partial charge in [0, 0.05) is 11.8 Å². The van der Waals surface area contributed by atoms with Crippen LogP contribution in [0.25, 0.3) is 0 Å². The molecule has 2 N–H and O–H groups in total. The van der Waals surface area contributed by atoms with Crippen molar-refractivity contribution in [3.63, 3.8) is 0 Å². The van der Waals surface area contributed by atoms with Crippen LogP contribution in [-0.4, -0.2) is 27.3 Å². The second-order valence-electron chi connectivity index (χ2n) is 6.60. The van der Waals surface area contributed by atoms with Crippen LogP contribution in [0.4, 0.5) is 16.2 Å². The van der Waals surface area contributed by atoms with E-state index in [1.807, 2.05) is 30.3 Å². The molecule has 144 valence electrons. The van der Waals surface area contributed by atoms with E-state index in [1.165, 1.54) is 4.90 Å².